The van der Waals surface area contributed by atoms with Crippen molar-refractivity contribution in [2.24, 2.45) is 0 Å². The fraction of sp³-hybridized carbons (Fsp3) is 0. The lowest BCUT2D eigenvalue weighted by molar-refractivity contribution is 1.33. The maximum absolute atomic E-state index is 4.19. The Kier molecular flexibility index (Phi) is 4.85. The van der Waals surface area contributed by atoms with Crippen LogP contribution in [0.5, 0.6) is 0 Å². The van der Waals surface area contributed by atoms with Crippen LogP contribution in [0.2, 0.25) is 0 Å². The number of pyridine rings is 1. The molecule has 7 aromatic rings. The maximum atomic E-state index is 4.19. The van der Waals surface area contributed by atoms with Crippen molar-refractivity contribution in [3.8, 4) is 33.4 Å². The lowest BCUT2D eigenvalue weighted by Crippen LogP contribution is -1.92. The second-order valence-electron chi connectivity index (χ2n) is 9.18. The van der Waals surface area contributed by atoms with Crippen molar-refractivity contribution in [3.63, 3.8) is 0 Å². The molecule has 0 radical (unpaired) electrons. The molecule has 0 aliphatic rings. The highest BCUT2D eigenvalue weighted by Crippen LogP contribution is 2.45. The minimum absolute atomic E-state index is 1.17. The number of benzene rings is 6. The van der Waals surface area contributed by atoms with Crippen LogP contribution in [0.1, 0.15) is 0 Å². The summed E-state index contributed by atoms with van der Waals surface area (Å²) in [7, 11) is 0. The SMILES string of the molecule is c1cc(-c2ccncc2)cc(-c2c3ccccc3c(-c3cccc4ccccc34)c3ccccc23)c1. The Morgan fingerprint density at radius 3 is 1.58 bits per heavy atom. The number of fused-ring (bicyclic) bond motifs is 3. The molecule has 36 heavy (non-hydrogen) atoms. The molecule has 0 atom stereocenters. The van der Waals surface area contributed by atoms with Gasteiger partial charge >= 0.3 is 0 Å². The van der Waals surface area contributed by atoms with E-state index in [0.717, 1.165) is 0 Å². The molecular formula is C35H23N. The molecule has 6 aromatic carbocycles. The Bertz CT molecular complexity index is 1820. The third-order valence-corrected chi connectivity index (χ3v) is 7.16. The van der Waals surface area contributed by atoms with E-state index in [9.17, 15) is 0 Å². The standard InChI is InChI=1S/C35H23N/c1-2-13-28-25(9-1)10-8-18-29(28)35-32-16-5-3-14-30(32)34(31-15-4-6-17-33(31)35)27-12-7-11-26(23-27)24-19-21-36-22-20-24/h1-23H. The molecule has 1 heterocycles. The van der Waals surface area contributed by atoms with Crippen LogP contribution >= 0.6 is 0 Å². The largest absolute Gasteiger partial charge is 0.265 e. The lowest BCUT2D eigenvalue weighted by atomic mass is 9.84. The van der Waals surface area contributed by atoms with Crippen LogP contribution in [-0.4, -0.2) is 4.98 Å². The van der Waals surface area contributed by atoms with Gasteiger partial charge in [0.1, 0.15) is 0 Å². The topological polar surface area (TPSA) is 12.9 Å². The molecule has 0 unspecified atom stereocenters. The zero-order valence-electron chi connectivity index (χ0n) is 19.7. The third-order valence-electron chi connectivity index (χ3n) is 7.16. The monoisotopic (exact) mass is 457 g/mol. The van der Waals surface area contributed by atoms with E-state index >= 15 is 0 Å². The number of aromatic nitrogens is 1. The van der Waals surface area contributed by atoms with E-state index in [1.165, 1.54) is 65.7 Å². The minimum atomic E-state index is 1.17. The Labute approximate surface area is 210 Å². The second-order valence-corrected chi connectivity index (χ2v) is 9.18. The van der Waals surface area contributed by atoms with Gasteiger partial charge in [-0.3, -0.25) is 4.98 Å². The molecule has 0 spiro atoms. The smallest absolute Gasteiger partial charge is 0.0273 e. The van der Waals surface area contributed by atoms with E-state index in [0.29, 0.717) is 0 Å². The maximum Gasteiger partial charge on any atom is 0.0273 e. The first-order valence-corrected chi connectivity index (χ1v) is 12.3. The zero-order chi connectivity index (χ0) is 23.9. The highest BCUT2D eigenvalue weighted by molar-refractivity contribution is 6.23. The number of hydrogen-bond donors (Lipinski definition) is 0. The molecule has 7 rings (SSSR count). The zero-order valence-corrected chi connectivity index (χ0v) is 19.7. The third kappa shape index (κ3) is 3.29. The van der Waals surface area contributed by atoms with Crippen molar-refractivity contribution in [1.29, 1.82) is 0 Å². The average Bonchev–Trinajstić information content (AvgIpc) is 2.96. The molecule has 0 saturated carbocycles. The van der Waals surface area contributed by atoms with Gasteiger partial charge in [-0.15, -0.1) is 0 Å². The summed E-state index contributed by atoms with van der Waals surface area (Å²) in [4.78, 5) is 4.19. The first-order valence-electron chi connectivity index (χ1n) is 12.3. The molecule has 0 saturated heterocycles. The van der Waals surface area contributed by atoms with Gasteiger partial charge < -0.3 is 0 Å². The van der Waals surface area contributed by atoms with E-state index < -0.39 is 0 Å². The van der Waals surface area contributed by atoms with Crippen LogP contribution in [-0.2, 0) is 0 Å². The van der Waals surface area contributed by atoms with E-state index in [2.05, 4.69) is 132 Å². The summed E-state index contributed by atoms with van der Waals surface area (Å²) >= 11 is 0. The molecule has 0 aliphatic carbocycles. The fourth-order valence-corrected chi connectivity index (χ4v) is 5.57. The molecule has 0 N–H and O–H groups in total. The molecule has 0 fully saturated rings. The second kappa shape index (κ2) is 8.48. The van der Waals surface area contributed by atoms with Crippen LogP contribution in [0.3, 0.4) is 0 Å². The summed E-state index contributed by atoms with van der Waals surface area (Å²) in [5.74, 6) is 0. The Morgan fingerprint density at radius 2 is 0.889 bits per heavy atom. The fourth-order valence-electron chi connectivity index (χ4n) is 5.57. The Morgan fingerprint density at radius 1 is 0.361 bits per heavy atom. The molecular weight excluding hydrogens is 434 g/mol. The number of nitrogens with zero attached hydrogens (tertiary/aromatic N) is 1. The number of hydrogen-bond acceptors (Lipinski definition) is 1. The minimum Gasteiger partial charge on any atom is -0.265 e. The van der Waals surface area contributed by atoms with E-state index in [-0.39, 0.29) is 0 Å². The summed E-state index contributed by atoms with van der Waals surface area (Å²) in [6.07, 6.45) is 3.71. The Hall–Kier alpha value is -4.75. The summed E-state index contributed by atoms with van der Waals surface area (Å²) in [5.41, 5.74) is 7.45. The highest BCUT2D eigenvalue weighted by atomic mass is 14.6. The van der Waals surface area contributed by atoms with Gasteiger partial charge in [-0.25, -0.2) is 0 Å². The molecule has 1 aromatic heterocycles. The summed E-state index contributed by atoms with van der Waals surface area (Å²) < 4.78 is 0. The van der Waals surface area contributed by atoms with Gasteiger partial charge in [0.15, 0.2) is 0 Å². The van der Waals surface area contributed by atoms with Crippen molar-refractivity contribution < 1.29 is 0 Å². The van der Waals surface area contributed by atoms with Gasteiger partial charge in [-0.2, -0.15) is 0 Å². The molecule has 1 nitrogen and oxygen atoms in total. The average molecular weight is 458 g/mol. The van der Waals surface area contributed by atoms with E-state index in [1.807, 2.05) is 12.4 Å². The van der Waals surface area contributed by atoms with Crippen LogP contribution in [0.4, 0.5) is 0 Å². The van der Waals surface area contributed by atoms with E-state index in [4.69, 9.17) is 0 Å². The predicted molar refractivity (Wildman–Crippen MR) is 153 cm³/mol. The summed E-state index contributed by atoms with van der Waals surface area (Å²) in [6, 6.07) is 46.0. The molecule has 0 amide bonds. The van der Waals surface area contributed by atoms with Crippen LogP contribution < -0.4 is 0 Å². The van der Waals surface area contributed by atoms with Gasteiger partial charge in [0, 0.05) is 12.4 Å². The molecule has 0 aliphatic heterocycles. The molecule has 1 heteroatoms. The van der Waals surface area contributed by atoms with Crippen molar-refractivity contribution >= 4 is 32.3 Å². The van der Waals surface area contributed by atoms with Crippen molar-refractivity contribution in [2.75, 3.05) is 0 Å². The van der Waals surface area contributed by atoms with Crippen LogP contribution in [0.15, 0.2) is 140 Å². The van der Waals surface area contributed by atoms with Gasteiger partial charge in [0.2, 0.25) is 0 Å². The molecule has 0 bridgehead atoms. The predicted octanol–water partition coefficient (Wildman–Crippen LogP) is 9.54. The number of rotatable bonds is 3. The lowest BCUT2D eigenvalue weighted by Gasteiger charge is -2.19. The normalized spacial score (nSPS) is 11.3. The van der Waals surface area contributed by atoms with Crippen molar-refractivity contribution in [3.05, 3.63) is 140 Å². The van der Waals surface area contributed by atoms with Crippen molar-refractivity contribution in [2.45, 2.75) is 0 Å². The Balaban J connectivity index is 1.59. The van der Waals surface area contributed by atoms with Crippen LogP contribution in [0.25, 0.3) is 65.7 Å². The van der Waals surface area contributed by atoms with Gasteiger partial charge in [-0.1, -0.05) is 109 Å². The highest BCUT2D eigenvalue weighted by Gasteiger charge is 2.17. The van der Waals surface area contributed by atoms with Crippen LogP contribution in [0, 0.1) is 0 Å². The molecule has 168 valence electrons. The first kappa shape index (κ1) is 20.6. The first-order chi connectivity index (χ1) is 17.9. The summed E-state index contributed by atoms with van der Waals surface area (Å²) in [6.45, 7) is 0. The van der Waals surface area contributed by atoms with E-state index in [1.54, 1.807) is 0 Å². The van der Waals surface area contributed by atoms with Crippen molar-refractivity contribution in [1.82, 2.24) is 4.98 Å². The quantitative estimate of drug-likeness (QED) is 0.241. The summed E-state index contributed by atoms with van der Waals surface area (Å²) in [5, 5.41) is 7.63. The van der Waals surface area contributed by atoms with Gasteiger partial charge in [0.25, 0.3) is 0 Å². The van der Waals surface area contributed by atoms with Gasteiger partial charge in [-0.05, 0) is 83.9 Å². The van der Waals surface area contributed by atoms with Gasteiger partial charge in [0.05, 0.1) is 0 Å².